The molecule has 0 unspecified atom stereocenters. The van der Waals surface area contributed by atoms with Gasteiger partial charge in [0, 0.05) is 37.1 Å². The molecule has 0 bridgehead atoms. The van der Waals surface area contributed by atoms with E-state index >= 15 is 0 Å². The fourth-order valence-corrected chi connectivity index (χ4v) is 4.98. The van der Waals surface area contributed by atoms with Crippen LogP contribution in [0.2, 0.25) is 0 Å². The zero-order valence-corrected chi connectivity index (χ0v) is 14.8. The lowest BCUT2D eigenvalue weighted by molar-refractivity contribution is -0.112. The van der Waals surface area contributed by atoms with Gasteiger partial charge in [0.05, 0.1) is 11.0 Å². The lowest BCUT2D eigenvalue weighted by Crippen LogP contribution is -2.66. The summed E-state index contributed by atoms with van der Waals surface area (Å²) in [6.07, 6.45) is 1.45. The van der Waals surface area contributed by atoms with Gasteiger partial charge in [-0.25, -0.2) is 13.1 Å². The largest absolute Gasteiger partial charge is 0.377 e. The van der Waals surface area contributed by atoms with Gasteiger partial charge >= 0.3 is 0 Å². The average molecular weight is 338 g/mol. The molecule has 1 saturated heterocycles. The van der Waals surface area contributed by atoms with Gasteiger partial charge in [0.2, 0.25) is 10.0 Å². The van der Waals surface area contributed by atoms with Crippen molar-refractivity contribution in [1.82, 2.24) is 10.0 Å². The zero-order chi connectivity index (χ0) is 16.7. The van der Waals surface area contributed by atoms with E-state index in [4.69, 9.17) is 4.74 Å². The van der Waals surface area contributed by atoms with Crippen LogP contribution in [0.5, 0.6) is 0 Å². The number of fused-ring (bicyclic) bond motifs is 1. The fraction of sp³-hybridized carbons (Fsp3) is 0.647. The summed E-state index contributed by atoms with van der Waals surface area (Å²) >= 11 is 0. The molecule has 1 saturated carbocycles. The predicted octanol–water partition coefficient (Wildman–Crippen LogP) is 1.68. The average Bonchev–Trinajstić information content (AvgIpc) is 2.94. The van der Waals surface area contributed by atoms with Gasteiger partial charge in [0.15, 0.2) is 0 Å². The van der Waals surface area contributed by atoms with E-state index in [-0.39, 0.29) is 5.41 Å². The van der Waals surface area contributed by atoms with E-state index in [0.29, 0.717) is 36.0 Å². The summed E-state index contributed by atoms with van der Waals surface area (Å²) in [7, 11) is -3.42. The van der Waals surface area contributed by atoms with Crippen molar-refractivity contribution in [2.24, 2.45) is 11.3 Å². The molecule has 1 aromatic rings. The zero-order valence-electron chi connectivity index (χ0n) is 14.0. The third kappa shape index (κ3) is 3.18. The molecule has 2 fully saturated rings. The molecule has 1 aromatic carbocycles. The molecule has 0 radical (unpaired) electrons. The van der Waals surface area contributed by atoms with Crippen LogP contribution in [0, 0.1) is 18.3 Å². The van der Waals surface area contributed by atoms with Gasteiger partial charge in [-0.15, -0.1) is 0 Å². The van der Waals surface area contributed by atoms with E-state index in [1.807, 2.05) is 19.1 Å². The van der Waals surface area contributed by atoms with Gasteiger partial charge in [-0.1, -0.05) is 31.5 Å². The van der Waals surface area contributed by atoms with Crippen LogP contribution >= 0.6 is 0 Å². The van der Waals surface area contributed by atoms with Crippen LogP contribution < -0.4 is 10.0 Å². The highest BCUT2D eigenvalue weighted by atomic mass is 32.2. The van der Waals surface area contributed by atoms with Crippen molar-refractivity contribution >= 4 is 10.0 Å². The molecule has 3 rings (SSSR count). The SMILES string of the molecule is Cc1ccc(S(=O)(=O)NCCN[C@@H]2[C@H]3CCO[C@H]3C2(C)C)cc1. The van der Waals surface area contributed by atoms with Crippen LogP contribution in [0.4, 0.5) is 0 Å². The number of rotatable bonds is 6. The maximum Gasteiger partial charge on any atom is 0.240 e. The molecule has 0 amide bonds. The van der Waals surface area contributed by atoms with Crippen LogP contribution in [0.1, 0.15) is 25.8 Å². The molecular formula is C17H26N2O3S. The van der Waals surface area contributed by atoms with E-state index in [1.54, 1.807) is 12.1 Å². The second-order valence-corrected chi connectivity index (χ2v) is 8.97. The Hall–Kier alpha value is -0.950. The molecule has 2 aliphatic rings. The third-order valence-corrected chi connectivity index (χ3v) is 6.69. The molecule has 1 aliphatic heterocycles. The molecule has 0 aromatic heterocycles. The molecular weight excluding hydrogens is 312 g/mol. The Kier molecular flexibility index (Phi) is 4.53. The van der Waals surface area contributed by atoms with Crippen molar-refractivity contribution in [1.29, 1.82) is 0 Å². The van der Waals surface area contributed by atoms with Gasteiger partial charge in [-0.2, -0.15) is 0 Å². The first-order valence-corrected chi connectivity index (χ1v) is 9.72. The fourth-order valence-electron chi connectivity index (χ4n) is 3.95. The monoisotopic (exact) mass is 338 g/mol. The Balaban J connectivity index is 1.49. The number of ether oxygens (including phenoxy) is 1. The van der Waals surface area contributed by atoms with Gasteiger partial charge in [-0.05, 0) is 25.5 Å². The standard InChI is InChI=1S/C17H26N2O3S/c1-12-4-6-13(7-5-12)23(20,21)19-10-9-18-15-14-8-11-22-16(14)17(15,2)3/h4-7,14-16,18-19H,8-11H2,1-3H3/t14-,15-,16-/m1/s1. The van der Waals surface area contributed by atoms with Crippen LogP contribution in [-0.2, 0) is 14.8 Å². The van der Waals surface area contributed by atoms with E-state index in [9.17, 15) is 8.42 Å². The quantitative estimate of drug-likeness (QED) is 0.775. The van der Waals surface area contributed by atoms with Gasteiger partial charge in [0.1, 0.15) is 0 Å². The minimum absolute atomic E-state index is 0.122. The van der Waals surface area contributed by atoms with Crippen LogP contribution in [0.15, 0.2) is 29.2 Å². The Bertz CT molecular complexity index is 655. The van der Waals surface area contributed by atoms with Crippen molar-refractivity contribution in [3.05, 3.63) is 29.8 Å². The summed E-state index contributed by atoms with van der Waals surface area (Å²) in [5.41, 5.74) is 1.17. The highest BCUT2D eigenvalue weighted by Crippen LogP contribution is 2.51. The lowest BCUT2D eigenvalue weighted by Gasteiger charge is -2.55. The first-order chi connectivity index (χ1) is 10.8. The maximum absolute atomic E-state index is 12.2. The summed E-state index contributed by atoms with van der Waals surface area (Å²) < 4.78 is 32.9. The van der Waals surface area contributed by atoms with Crippen molar-refractivity contribution in [2.45, 2.75) is 44.2 Å². The van der Waals surface area contributed by atoms with E-state index in [2.05, 4.69) is 23.9 Å². The Labute approximate surface area is 138 Å². The smallest absolute Gasteiger partial charge is 0.240 e. The van der Waals surface area contributed by atoms with E-state index in [1.165, 1.54) is 0 Å². The molecule has 2 N–H and O–H groups in total. The second-order valence-electron chi connectivity index (χ2n) is 7.21. The Morgan fingerprint density at radius 2 is 1.91 bits per heavy atom. The summed E-state index contributed by atoms with van der Waals surface area (Å²) in [6, 6.07) is 7.30. The van der Waals surface area contributed by atoms with Gasteiger partial charge in [-0.3, -0.25) is 0 Å². The topological polar surface area (TPSA) is 67.4 Å². The number of benzene rings is 1. The third-order valence-electron chi connectivity index (χ3n) is 5.21. The van der Waals surface area contributed by atoms with Crippen LogP contribution in [0.25, 0.3) is 0 Å². The Morgan fingerprint density at radius 3 is 2.61 bits per heavy atom. The number of sulfonamides is 1. The second kappa shape index (κ2) is 6.16. The molecule has 1 heterocycles. The number of hydrogen-bond donors (Lipinski definition) is 2. The highest BCUT2D eigenvalue weighted by Gasteiger charge is 2.58. The summed E-state index contributed by atoms with van der Waals surface area (Å²) in [4.78, 5) is 0.316. The van der Waals surface area contributed by atoms with Crippen LogP contribution in [-0.4, -0.2) is 40.3 Å². The van der Waals surface area contributed by atoms with Crippen molar-refractivity contribution < 1.29 is 13.2 Å². The van der Waals surface area contributed by atoms with Crippen LogP contribution in [0.3, 0.4) is 0 Å². The predicted molar refractivity (Wildman–Crippen MR) is 89.8 cm³/mol. The normalized spacial score (nSPS) is 29.1. The number of nitrogens with one attached hydrogen (secondary N) is 2. The van der Waals surface area contributed by atoms with E-state index < -0.39 is 10.0 Å². The number of aryl methyl sites for hydroxylation is 1. The number of hydrogen-bond acceptors (Lipinski definition) is 4. The van der Waals surface area contributed by atoms with Gasteiger partial charge < -0.3 is 10.1 Å². The minimum Gasteiger partial charge on any atom is -0.377 e. The van der Waals surface area contributed by atoms with Crippen molar-refractivity contribution in [3.8, 4) is 0 Å². The first kappa shape index (κ1) is 16.9. The first-order valence-electron chi connectivity index (χ1n) is 8.24. The maximum atomic E-state index is 12.2. The Morgan fingerprint density at radius 1 is 1.22 bits per heavy atom. The summed E-state index contributed by atoms with van der Waals surface area (Å²) in [5.74, 6) is 0.568. The van der Waals surface area contributed by atoms with Gasteiger partial charge in [0.25, 0.3) is 0 Å². The molecule has 128 valence electrons. The minimum atomic E-state index is -3.42. The molecule has 23 heavy (non-hydrogen) atoms. The lowest BCUT2D eigenvalue weighted by atomic mass is 9.57. The highest BCUT2D eigenvalue weighted by molar-refractivity contribution is 7.89. The molecule has 5 nitrogen and oxygen atoms in total. The molecule has 6 heteroatoms. The molecule has 3 atom stereocenters. The summed E-state index contributed by atoms with van der Waals surface area (Å²) in [6.45, 7) is 8.23. The van der Waals surface area contributed by atoms with Crippen molar-refractivity contribution in [2.75, 3.05) is 19.7 Å². The molecule has 1 aliphatic carbocycles. The van der Waals surface area contributed by atoms with Crippen molar-refractivity contribution in [3.63, 3.8) is 0 Å². The summed E-state index contributed by atoms with van der Waals surface area (Å²) in [5, 5.41) is 3.51. The molecule has 0 spiro atoms. The van der Waals surface area contributed by atoms with E-state index in [0.717, 1.165) is 18.6 Å².